The number of halogens is 2. The normalized spacial score (nSPS) is 16.7. The number of nitrogens with one attached hydrogen (secondary N) is 2. The number of aromatic amines is 1. The molecule has 7 heteroatoms. The molecule has 0 saturated carbocycles. The van der Waals surface area contributed by atoms with Crippen LogP contribution in [0, 0.1) is 17.6 Å². The Morgan fingerprint density at radius 3 is 2.86 bits per heavy atom. The molecule has 2 aromatic carbocycles. The molecule has 1 atom stereocenters. The first-order chi connectivity index (χ1) is 13.5. The minimum atomic E-state index is -0.521. The molecular formula is C21H19F2N3O2. The third-order valence-electron chi connectivity index (χ3n) is 5.10. The topological polar surface area (TPSA) is 65.2 Å². The highest BCUT2D eigenvalue weighted by atomic mass is 19.1. The van der Waals surface area contributed by atoms with E-state index in [1.807, 2.05) is 6.20 Å². The second-order valence-corrected chi connectivity index (χ2v) is 6.96. The van der Waals surface area contributed by atoms with Crippen molar-refractivity contribution < 1.29 is 18.4 Å². The zero-order valence-electron chi connectivity index (χ0n) is 15.0. The summed E-state index contributed by atoms with van der Waals surface area (Å²) in [7, 11) is 0. The van der Waals surface area contributed by atoms with Crippen LogP contribution in [0.3, 0.4) is 0 Å². The van der Waals surface area contributed by atoms with Crippen LogP contribution in [0.15, 0.2) is 48.7 Å². The van der Waals surface area contributed by atoms with Gasteiger partial charge in [-0.1, -0.05) is 12.1 Å². The van der Waals surface area contributed by atoms with E-state index >= 15 is 0 Å². The lowest BCUT2D eigenvalue weighted by molar-refractivity contribution is -0.128. The number of para-hydroxylation sites is 1. The highest BCUT2D eigenvalue weighted by molar-refractivity contribution is 5.97. The molecular weight excluding hydrogens is 364 g/mol. The molecule has 1 aliphatic heterocycles. The largest absolute Gasteiger partial charge is 0.361 e. The maximum absolute atomic E-state index is 13.7. The summed E-state index contributed by atoms with van der Waals surface area (Å²) in [6.45, 7) is 0.724. The van der Waals surface area contributed by atoms with Crippen molar-refractivity contribution in [2.24, 2.45) is 5.92 Å². The molecule has 5 nitrogen and oxygen atoms in total. The molecule has 1 saturated heterocycles. The minimum Gasteiger partial charge on any atom is -0.361 e. The number of anilines is 1. The van der Waals surface area contributed by atoms with Gasteiger partial charge in [0.15, 0.2) is 0 Å². The molecule has 1 aliphatic rings. The van der Waals surface area contributed by atoms with Gasteiger partial charge in [0.25, 0.3) is 0 Å². The first kappa shape index (κ1) is 18.2. The number of H-pyrrole nitrogens is 1. The van der Waals surface area contributed by atoms with Crippen molar-refractivity contribution in [3.05, 3.63) is 65.9 Å². The highest BCUT2D eigenvalue weighted by Crippen LogP contribution is 2.24. The van der Waals surface area contributed by atoms with Gasteiger partial charge in [-0.2, -0.15) is 0 Å². The Hall–Kier alpha value is -3.22. The van der Waals surface area contributed by atoms with Gasteiger partial charge in [-0.3, -0.25) is 9.59 Å². The van der Waals surface area contributed by atoms with Crippen molar-refractivity contribution in [2.45, 2.75) is 12.8 Å². The molecule has 2 N–H and O–H groups in total. The number of aromatic nitrogens is 1. The number of nitrogens with zero attached hydrogens (tertiary/aromatic N) is 1. The van der Waals surface area contributed by atoms with E-state index in [-0.39, 0.29) is 36.3 Å². The van der Waals surface area contributed by atoms with Crippen molar-refractivity contribution in [3.63, 3.8) is 0 Å². The number of rotatable bonds is 5. The fourth-order valence-electron chi connectivity index (χ4n) is 3.57. The van der Waals surface area contributed by atoms with Gasteiger partial charge < -0.3 is 15.2 Å². The van der Waals surface area contributed by atoms with E-state index in [1.165, 1.54) is 24.3 Å². The fourth-order valence-corrected chi connectivity index (χ4v) is 3.57. The predicted octanol–water partition coefficient (Wildman–Crippen LogP) is 3.48. The first-order valence-corrected chi connectivity index (χ1v) is 9.10. The zero-order valence-corrected chi connectivity index (χ0v) is 15.0. The molecule has 4 rings (SSSR count). The molecule has 1 fully saturated rings. The molecule has 0 spiro atoms. The van der Waals surface area contributed by atoms with E-state index in [0.29, 0.717) is 13.0 Å². The maximum atomic E-state index is 13.7. The number of carbonyl (C=O) groups is 2. The molecule has 0 aliphatic carbocycles. The van der Waals surface area contributed by atoms with Crippen LogP contribution in [0.5, 0.6) is 0 Å². The SMILES string of the molecule is O=C(Nc1ccccc1F)C1CC(=O)N(CCc2c[nH]c3ccc(F)cc23)C1. The molecule has 0 radical (unpaired) electrons. The average Bonchev–Trinajstić information content (AvgIpc) is 3.25. The minimum absolute atomic E-state index is 0.1000. The van der Waals surface area contributed by atoms with Crippen molar-refractivity contribution in [3.8, 4) is 0 Å². The van der Waals surface area contributed by atoms with Crippen LogP contribution in [0.1, 0.15) is 12.0 Å². The van der Waals surface area contributed by atoms with E-state index in [2.05, 4.69) is 10.3 Å². The number of carbonyl (C=O) groups excluding carboxylic acids is 2. The van der Waals surface area contributed by atoms with Crippen LogP contribution in [0.2, 0.25) is 0 Å². The van der Waals surface area contributed by atoms with E-state index in [1.54, 1.807) is 23.1 Å². The summed E-state index contributed by atoms with van der Waals surface area (Å²) in [5.41, 5.74) is 1.87. The van der Waals surface area contributed by atoms with Crippen LogP contribution in [-0.2, 0) is 16.0 Å². The van der Waals surface area contributed by atoms with Crippen LogP contribution in [-0.4, -0.2) is 34.8 Å². The summed E-state index contributed by atoms with van der Waals surface area (Å²) in [6, 6.07) is 10.5. The Morgan fingerprint density at radius 1 is 1.21 bits per heavy atom. The summed E-state index contributed by atoms with van der Waals surface area (Å²) in [5, 5.41) is 3.35. The van der Waals surface area contributed by atoms with Crippen LogP contribution < -0.4 is 5.32 Å². The summed E-state index contributed by atoms with van der Waals surface area (Å²) in [6.07, 6.45) is 2.46. The van der Waals surface area contributed by atoms with Crippen LogP contribution >= 0.6 is 0 Å². The lowest BCUT2D eigenvalue weighted by Crippen LogP contribution is -2.30. The average molecular weight is 383 g/mol. The summed E-state index contributed by atoms with van der Waals surface area (Å²) in [4.78, 5) is 29.4. The van der Waals surface area contributed by atoms with Crippen LogP contribution in [0.25, 0.3) is 10.9 Å². The lowest BCUT2D eigenvalue weighted by atomic mass is 10.1. The molecule has 2 heterocycles. The number of amides is 2. The predicted molar refractivity (Wildman–Crippen MR) is 102 cm³/mol. The first-order valence-electron chi connectivity index (χ1n) is 9.10. The second kappa shape index (κ2) is 7.42. The smallest absolute Gasteiger partial charge is 0.229 e. The number of likely N-dealkylation sites (tertiary alicyclic amines) is 1. The van der Waals surface area contributed by atoms with E-state index in [0.717, 1.165) is 16.5 Å². The number of benzene rings is 2. The Morgan fingerprint density at radius 2 is 2.04 bits per heavy atom. The van der Waals surface area contributed by atoms with E-state index in [9.17, 15) is 18.4 Å². The van der Waals surface area contributed by atoms with Crippen molar-refractivity contribution in [1.29, 1.82) is 0 Å². The Labute approximate surface area is 160 Å². The van der Waals surface area contributed by atoms with Gasteiger partial charge in [-0.15, -0.1) is 0 Å². The Kier molecular flexibility index (Phi) is 4.81. The maximum Gasteiger partial charge on any atom is 0.229 e. The third kappa shape index (κ3) is 3.60. The van der Waals surface area contributed by atoms with Gasteiger partial charge in [-0.25, -0.2) is 8.78 Å². The van der Waals surface area contributed by atoms with Crippen LogP contribution in [0.4, 0.5) is 14.5 Å². The van der Waals surface area contributed by atoms with Gasteiger partial charge >= 0.3 is 0 Å². The van der Waals surface area contributed by atoms with E-state index < -0.39 is 11.7 Å². The van der Waals surface area contributed by atoms with Gasteiger partial charge in [0.2, 0.25) is 11.8 Å². The molecule has 0 bridgehead atoms. The number of hydrogen-bond donors (Lipinski definition) is 2. The molecule has 144 valence electrons. The second-order valence-electron chi connectivity index (χ2n) is 6.96. The Balaban J connectivity index is 1.38. The van der Waals surface area contributed by atoms with Crippen molar-refractivity contribution in [1.82, 2.24) is 9.88 Å². The van der Waals surface area contributed by atoms with Gasteiger partial charge in [0.1, 0.15) is 11.6 Å². The standard InChI is InChI=1S/C21H19F2N3O2/c22-15-5-6-18-16(10-15)13(11-24-18)7-8-26-12-14(9-20(26)27)21(28)25-19-4-2-1-3-17(19)23/h1-6,10-11,14,24H,7-9,12H2,(H,25,28). The third-order valence-corrected chi connectivity index (χ3v) is 5.10. The summed E-state index contributed by atoms with van der Waals surface area (Å²) in [5.74, 6) is -1.82. The van der Waals surface area contributed by atoms with Crippen molar-refractivity contribution in [2.75, 3.05) is 18.4 Å². The van der Waals surface area contributed by atoms with Crippen molar-refractivity contribution >= 4 is 28.4 Å². The lowest BCUT2D eigenvalue weighted by Gasteiger charge is -2.16. The molecule has 3 aromatic rings. The van der Waals surface area contributed by atoms with Gasteiger partial charge in [0.05, 0.1) is 11.6 Å². The fraction of sp³-hybridized carbons (Fsp3) is 0.238. The Bertz CT molecular complexity index is 1050. The summed E-state index contributed by atoms with van der Waals surface area (Å²) < 4.78 is 27.2. The zero-order chi connectivity index (χ0) is 19.7. The number of fused-ring (bicyclic) bond motifs is 1. The quantitative estimate of drug-likeness (QED) is 0.709. The number of hydrogen-bond acceptors (Lipinski definition) is 2. The molecule has 2 amide bonds. The van der Waals surface area contributed by atoms with Gasteiger partial charge in [0, 0.05) is 36.6 Å². The molecule has 1 unspecified atom stereocenters. The molecule has 28 heavy (non-hydrogen) atoms. The summed E-state index contributed by atoms with van der Waals surface area (Å²) >= 11 is 0. The molecule has 1 aromatic heterocycles. The highest BCUT2D eigenvalue weighted by Gasteiger charge is 2.34. The van der Waals surface area contributed by atoms with E-state index in [4.69, 9.17) is 0 Å². The van der Waals surface area contributed by atoms with Gasteiger partial charge in [-0.05, 0) is 42.3 Å². The monoisotopic (exact) mass is 383 g/mol.